The van der Waals surface area contributed by atoms with Crippen LogP contribution in [0.2, 0.25) is 0 Å². The van der Waals surface area contributed by atoms with Gasteiger partial charge in [0.05, 0.1) is 0 Å². The summed E-state index contributed by atoms with van der Waals surface area (Å²) in [5.41, 5.74) is 0. The fourth-order valence-electron chi connectivity index (χ4n) is 0.0745. The van der Waals surface area contributed by atoms with E-state index >= 15 is 0 Å². The maximum atomic E-state index is 9.20. The van der Waals surface area contributed by atoms with E-state index in [-0.39, 0.29) is 0 Å². The van der Waals surface area contributed by atoms with Crippen LogP contribution in [0.5, 0.6) is 0 Å². The minimum absolute atomic E-state index is 1.40. The summed E-state index contributed by atoms with van der Waals surface area (Å²) in [6.07, 6.45) is 0. The summed E-state index contributed by atoms with van der Waals surface area (Å²) >= 11 is 0. The first kappa shape index (κ1) is 8.32. The predicted octanol–water partition coefficient (Wildman–Crippen LogP) is -0.819. The Morgan fingerprint density at radius 3 is 1.40 bits per heavy atom. The summed E-state index contributed by atoms with van der Waals surface area (Å²) in [6, 6.07) is 0. The van der Waals surface area contributed by atoms with Gasteiger partial charge in [0.1, 0.15) is 0 Å². The van der Waals surface area contributed by atoms with Crippen molar-refractivity contribution in [2.45, 2.75) is 0 Å². The van der Waals surface area contributed by atoms with Gasteiger partial charge in [-0.2, -0.15) is 0 Å². The average Bonchev–Trinajstić information content (AvgIpc) is 1.79. The van der Waals surface area contributed by atoms with Crippen molar-refractivity contribution in [3.63, 3.8) is 0 Å². The van der Waals surface area contributed by atoms with Crippen LogP contribution in [0.1, 0.15) is 0 Å². The maximum Gasteiger partial charge on any atom is 0.324 e. The highest BCUT2D eigenvalue weighted by Gasteiger charge is 1.99. The Balaban J connectivity index is 3.06. The van der Waals surface area contributed by atoms with Crippen LogP contribution in [0, 0.1) is 20.2 Å². The number of hydrogen-bond acceptors (Lipinski definition) is 8. The van der Waals surface area contributed by atoms with Gasteiger partial charge in [-0.05, 0) is 0 Å². The summed E-state index contributed by atoms with van der Waals surface area (Å²) in [5, 5.41) is 21.7. The summed E-state index contributed by atoms with van der Waals surface area (Å²) in [6.45, 7) is 0. The van der Waals surface area contributed by atoms with E-state index in [9.17, 15) is 20.2 Å². The number of hydrogen-bond donors (Lipinski definition) is 0. The van der Waals surface area contributed by atoms with Crippen LogP contribution in [-0.4, -0.2) is 10.2 Å². The molecule has 0 spiro atoms. The Hall–Kier alpha value is -1.68. The molecule has 0 bridgehead atoms. The predicted molar refractivity (Wildman–Crippen MR) is 18.3 cm³/mol. The van der Waals surface area contributed by atoms with E-state index in [1.807, 2.05) is 0 Å². The molecule has 0 atom stereocenters. The highest BCUT2D eigenvalue weighted by atomic mass is 17.7. The molecule has 0 aromatic rings. The molecule has 0 aliphatic rings. The van der Waals surface area contributed by atoms with E-state index in [0.717, 1.165) is 0 Å². The molecule has 0 rings (SSSR count). The molecule has 0 aliphatic heterocycles. The van der Waals surface area contributed by atoms with Crippen LogP contribution in [0.15, 0.2) is 0 Å². The topological polar surface area (TPSA) is 123 Å². The molecule has 0 fully saturated rings. The van der Waals surface area contributed by atoms with Gasteiger partial charge in [-0.15, -0.1) is 30.2 Å². The van der Waals surface area contributed by atoms with E-state index in [2.05, 4.69) is 20.1 Å². The van der Waals surface area contributed by atoms with E-state index in [0.29, 0.717) is 0 Å². The lowest BCUT2D eigenvalue weighted by molar-refractivity contribution is -0.976. The molecular weight excluding hydrogens is 156 g/mol. The lowest BCUT2D eigenvalue weighted by atomic mass is 13.1. The quantitative estimate of drug-likeness (QED) is 0.219. The molecule has 0 unspecified atom stereocenters. The second kappa shape index (κ2) is 4.22. The molecule has 0 amide bonds. The fourth-order valence-corrected chi connectivity index (χ4v) is 0.0745. The maximum absolute atomic E-state index is 9.20. The Morgan fingerprint density at radius 2 is 1.20 bits per heavy atom. The first-order valence-electron chi connectivity index (χ1n) is 1.60. The van der Waals surface area contributed by atoms with Crippen LogP contribution >= 0.6 is 0 Å². The van der Waals surface area contributed by atoms with Gasteiger partial charge in [-0.1, -0.05) is 0 Å². The van der Waals surface area contributed by atoms with Crippen LogP contribution < -0.4 is 0 Å². The van der Waals surface area contributed by atoms with E-state index < -0.39 is 10.2 Å². The van der Waals surface area contributed by atoms with Gasteiger partial charge in [0.2, 0.25) is 0 Å². The van der Waals surface area contributed by atoms with Crippen LogP contribution in [0.4, 0.5) is 0 Å². The first-order chi connectivity index (χ1) is 4.63. The molecular formula is N2O8. The molecule has 10 heavy (non-hydrogen) atoms. The molecule has 10 nitrogen and oxygen atoms in total. The van der Waals surface area contributed by atoms with Crippen LogP contribution in [0.3, 0.4) is 0 Å². The third kappa shape index (κ3) is 6.32. The van der Waals surface area contributed by atoms with Crippen molar-refractivity contribution in [2.75, 3.05) is 0 Å². The molecule has 0 saturated heterocycles. The average molecular weight is 156 g/mol. The first-order valence-corrected chi connectivity index (χ1v) is 1.60. The molecule has 0 aromatic carbocycles. The van der Waals surface area contributed by atoms with Crippen molar-refractivity contribution in [1.29, 1.82) is 0 Å². The van der Waals surface area contributed by atoms with Gasteiger partial charge in [0.25, 0.3) is 0 Å². The van der Waals surface area contributed by atoms with Crippen molar-refractivity contribution in [2.24, 2.45) is 0 Å². The van der Waals surface area contributed by atoms with Crippen LogP contribution in [0.25, 0.3) is 0 Å². The largest absolute Gasteiger partial charge is 0.324 e. The zero-order valence-corrected chi connectivity index (χ0v) is 4.16. The third-order valence-electron chi connectivity index (χ3n) is 0.210. The smallest absolute Gasteiger partial charge is 0.112 e. The molecule has 58 valence electrons. The number of rotatable bonds is 5. The summed E-state index contributed by atoms with van der Waals surface area (Å²) in [7, 11) is 0. The Morgan fingerprint density at radius 1 is 0.900 bits per heavy atom. The lowest BCUT2D eigenvalue weighted by Gasteiger charge is -1.91. The second-order valence-electron chi connectivity index (χ2n) is 0.732. The van der Waals surface area contributed by atoms with E-state index in [1.54, 1.807) is 0 Å². The standard InChI is InChI=1S/N2O8/c3-1(4)7-9-10-8-2(5)6. The molecule has 0 radical (unpaired) electrons. The van der Waals surface area contributed by atoms with Crippen molar-refractivity contribution in [1.82, 2.24) is 0 Å². The fraction of sp³-hybridized carbons (Fsp3) is 0. The van der Waals surface area contributed by atoms with Gasteiger partial charge in [0.15, 0.2) is 0 Å². The van der Waals surface area contributed by atoms with Gasteiger partial charge in [-0.25, -0.2) is 0 Å². The van der Waals surface area contributed by atoms with Crippen LogP contribution in [-0.2, 0) is 20.1 Å². The third-order valence-corrected chi connectivity index (χ3v) is 0.210. The number of nitrogens with zero attached hydrogens (tertiary/aromatic N) is 2. The zero-order valence-electron chi connectivity index (χ0n) is 4.16. The van der Waals surface area contributed by atoms with Crippen molar-refractivity contribution >= 4 is 0 Å². The highest BCUT2D eigenvalue weighted by Crippen LogP contribution is 1.82. The normalized spacial score (nSPS) is 8.40. The van der Waals surface area contributed by atoms with E-state index in [1.165, 1.54) is 0 Å². The summed E-state index contributed by atoms with van der Waals surface area (Å²) in [5.74, 6) is 0. The monoisotopic (exact) mass is 156 g/mol. The summed E-state index contributed by atoms with van der Waals surface area (Å²) < 4.78 is 0. The second-order valence-corrected chi connectivity index (χ2v) is 0.732. The minimum Gasteiger partial charge on any atom is -0.112 e. The molecule has 0 aromatic heterocycles. The molecule has 0 aliphatic carbocycles. The van der Waals surface area contributed by atoms with Gasteiger partial charge < -0.3 is 0 Å². The SMILES string of the molecule is O=[N+]([O-])OOOO[N+](=O)[O-]. The molecule has 10 heteroatoms. The van der Waals surface area contributed by atoms with Crippen molar-refractivity contribution in [3.05, 3.63) is 20.2 Å². The van der Waals surface area contributed by atoms with Gasteiger partial charge in [-0.3, -0.25) is 0 Å². The lowest BCUT2D eigenvalue weighted by Crippen LogP contribution is -2.06. The van der Waals surface area contributed by atoms with Gasteiger partial charge >= 0.3 is 10.2 Å². The minimum atomic E-state index is -1.40. The Bertz CT molecular complexity index is 111. The Kier molecular flexibility index (Phi) is 3.51. The summed E-state index contributed by atoms with van der Waals surface area (Å²) in [4.78, 5) is 24.3. The highest BCUT2D eigenvalue weighted by molar-refractivity contribution is 3.85. The van der Waals surface area contributed by atoms with E-state index in [4.69, 9.17) is 0 Å². The molecule has 0 N–H and O–H groups in total. The molecule has 0 heterocycles. The zero-order chi connectivity index (χ0) is 7.98. The Labute approximate surface area is 51.8 Å². The van der Waals surface area contributed by atoms with Crippen molar-refractivity contribution in [3.8, 4) is 0 Å². The van der Waals surface area contributed by atoms with Crippen molar-refractivity contribution < 1.29 is 30.2 Å². The molecule has 0 saturated carbocycles. The van der Waals surface area contributed by atoms with Gasteiger partial charge in [0, 0.05) is 10.1 Å².